The smallest absolute Gasteiger partial charge is 0.326 e. The van der Waals surface area contributed by atoms with E-state index >= 15 is 0 Å². The first-order valence-electron chi connectivity index (χ1n) is 6.12. The SMILES string of the molecule is CSc1ccccc1C(=O)N[C@@H](CC(C)C)C(=O)O. The van der Waals surface area contributed by atoms with E-state index in [-0.39, 0.29) is 11.8 Å². The number of aliphatic carboxylic acids is 1. The molecule has 0 fully saturated rings. The molecule has 104 valence electrons. The third-order valence-corrected chi connectivity index (χ3v) is 3.46. The van der Waals surface area contributed by atoms with E-state index in [1.807, 2.05) is 32.2 Å². The van der Waals surface area contributed by atoms with Crippen molar-refractivity contribution in [3.8, 4) is 0 Å². The Kier molecular flexibility index (Phi) is 5.89. The van der Waals surface area contributed by atoms with Crippen LogP contribution >= 0.6 is 11.8 Å². The zero-order valence-electron chi connectivity index (χ0n) is 11.3. The Hall–Kier alpha value is -1.49. The first-order valence-corrected chi connectivity index (χ1v) is 7.34. The predicted octanol–water partition coefficient (Wildman–Crippen LogP) is 2.64. The fourth-order valence-electron chi connectivity index (χ4n) is 1.76. The third-order valence-electron chi connectivity index (χ3n) is 2.66. The van der Waals surface area contributed by atoms with Gasteiger partial charge in [-0.15, -0.1) is 11.8 Å². The highest BCUT2D eigenvalue weighted by molar-refractivity contribution is 7.98. The summed E-state index contributed by atoms with van der Waals surface area (Å²) in [4.78, 5) is 24.1. The number of carbonyl (C=O) groups excluding carboxylic acids is 1. The molecule has 0 saturated heterocycles. The van der Waals surface area contributed by atoms with Crippen LogP contribution in [-0.4, -0.2) is 29.3 Å². The summed E-state index contributed by atoms with van der Waals surface area (Å²) in [5.74, 6) is -1.13. The fourth-order valence-corrected chi connectivity index (χ4v) is 2.36. The van der Waals surface area contributed by atoms with Gasteiger partial charge in [0.1, 0.15) is 6.04 Å². The third kappa shape index (κ3) is 4.59. The van der Waals surface area contributed by atoms with E-state index in [0.29, 0.717) is 12.0 Å². The van der Waals surface area contributed by atoms with Gasteiger partial charge in [0.15, 0.2) is 0 Å². The minimum Gasteiger partial charge on any atom is -0.480 e. The molecule has 5 heteroatoms. The number of benzene rings is 1. The van der Waals surface area contributed by atoms with E-state index < -0.39 is 12.0 Å². The molecule has 0 radical (unpaired) electrons. The molecule has 0 bridgehead atoms. The number of thioether (sulfide) groups is 1. The Balaban J connectivity index is 2.84. The summed E-state index contributed by atoms with van der Waals surface area (Å²) in [6.07, 6.45) is 2.30. The minimum absolute atomic E-state index is 0.206. The number of amides is 1. The standard InChI is InChI=1S/C14H19NO3S/c1-9(2)8-11(14(17)18)15-13(16)10-6-4-5-7-12(10)19-3/h4-7,9,11H,8H2,1-3H3,(H,15,16)(H,17,18)/t11-/m0/s1. The van der Waals surface area contributed by atoms with Gasteiger partial charge in [0, 0.05) is 4.90 Å². The lowest BCUT2D eigenvalue weighted by atomic mass is 10.0. The zero-order valence-corrected chi connectivity index (χ0v) is 12.2. The average molecular weight is 281 g/mol. The summed E-state index contributed by atoms with van der Waals surface area (Å²) in [7, 11) is 0. The summed E-state index contributed by atoms with van der Waals surface area (Å²) >= 11 is 1.46. The highest BCUT2D eigenvalue weighted by Crippen LogP contribution is 2.20. The molecule has 0 heterocycles. The van der Waals surface area contributed by atoms with E-state index in [9.17, 15) is 9.59 Å². The summed E-state index contributed by atoms with van der Waals surface area (Å²) in [5.41, 5.74) is 0.519. The van der Waals surface area contributed by atoms with Crippen molar-refractivity contribution in [3.05, 3.63) is 29.8 Å². The maximum absolute atomic E-state index is 12.1. The van der Waals surface area contributed by atoms with Gasteiger partial charge in [-0.3, -0.25) is 4.79 Å². The number of hydrogen-bond acceptors (Lipinski definition) is 3. The van der Waals surface area contributed by atoms with Crippen molar-refractivity contribution in [2.45, 2.75) is 31.2 Å². The molecule has 2 N–H and O–H groups in total. The van der Waals surface area contributed by atoms with Crippen LogP contribution in [0.2, 0.25) is 0 Å². The lowest BCUT2D eigenvalue weighted by molar-refractivity contribution is -0.139. The molecule has 0 aliphatic carbocycles. The average Bonchev–Trinajstić information content (AvgIpc) is 2.37. The molecule has 0 spiro atoms. The first kappa shape index (κ1) is 15.6. The second kappa shape index (κ2) is 7.19. The molecule has 0 saturated carbocycles. The second-order valence-electron chi connectivity index (χ2n) is 4.69. The number of rotatable bonds is 6. The van der Waals surface area contributed by atoms with Gasteiger partial charge < -0.3 is 10.4 Å². The molecule has 0 aliphatic heterocycles. The number of nitrogens with one attached hydrogen (secondary N) is 1. The van der Waals surface area contributed by atoms with Crippen molar-refractivity contribution in [1.82, 2.24) is 5.32 Å². The maximum Gasteiger partial charge on any atom is 0.326 e. The topological polar surface area (TPSA) is 66.4 Å². The Morgan fingerprint density at radius 1 is 1.32 bits per heavy atom. The van der Waals surface area contributed by atoms with Gasteiger partial charge in [0.2, 0.25) is 0 Å². The molecule has 1 atom stereocenters. The predicted molar refractivity (Wildman–Crippen MR) is 76.6 cm³/mol. The second-order valence-corrected chi connectivity index (χ2v) is 5.54. The number of carboxylic acids is 1. The molecule has 19 heavy (non-hydrogen) atoms. The van der Waals surface area contributed by atoms with E-state index in [1.165, 1.54) is 11.8 Å². The quantitative estimate of drug-likeness (QED) is 0.787. The van der Waals surface area contributed by atoms with Crippen molar-refractivity contribution in [1.29, 1.82) is 0 Å². The van der Waals surface area contributed by atoms with Crippen LogP contribution in [0.5, 0.6) is 0 Å². The molecule has 0 unspecified atom stereocenters. The summed E-state index contributed by atoms with van der Waals surface area (Å²) < 4.78 is 0. The largest absolute Gasteiger partial charge is 0.480 e. The number of carboxylic acid groups (broad SMARTS) is 1. The molecule has 0 aromatic heterocycles. The van der Waals surface area contributed by atoms with Gasteiger partial charge in [0.05, 0.1) is 5.56 Å². The van der Waals surface area contributed by atoms with Gasteiger partial charge in [0.25, 0.3) is 5.91 Å². The minimum atomic E-state index is -0.997. The fraction of sp³-hybridized carbons (Fsp3) is 0.429. The molecule has 1 rings (SSSR count). The first-order chi connectivity index (χ1) is 8.95. The van der Waals surface area contributed by atoms with Crippen LogP contribution in [0.4, 0.5) is 0 Å². The van der Waals surface area contributed by atoms with Crippen LogP contribution in [0.25, 0.3) is 0 Å². The molecular weight excluding hydrogens is 262 g/mol. The van der Waals surface area contributed by atoms with E-state index in [0.717, 1.165) is 4.90 Å². The van der Waals surface area contributed by atoms with Gasteiger partial charge >= 0.3 is 5.97 Å². The highest BCUT2D eigenvalue weighted by atomic mass is 32.2. The molecule has 1 amide bonds. The van der Waals surface area contributed by atoms with E-state index in [1.54, 1.807) is 12.1 Å². The van der Waals surface area contributed by atoms with Crippen LogP contribution < -0.4 is 5.32 Å². The Morgan fingerprint density at radius 2 is 1.95 bits per heavy atom. The van der Waals surface area contributed by atoms with Crippen LogP contribution in [0.15, 0.2) is 29.2 Å². The van der Waals surface area contributed by atoms with Crippen molar-refractivity contribution in [3.63, 3.8) is 0 Å². The van der Waals surface area contributed by atoms with Gasteiger partial charge in [-0.1, -0.05) is 26.0 Å². The summed E-state index contributed by atoms with van der Waals surface area (Å²) in [6, 6.07) is 6.33. The Labute approximate surface area is 117 Å². The Bertz CT molecular complexity index is 460. The monoisotopic (exact) mass is 281 g/mol. The van der Waals surface area contributed by atoms with Crippen molar-refractivity contribution < 1.29 is 14.7 Å². The van der Waals surface area contributed by atoms with Gasteiger partial charge in [-0.2, -0.15) is 0 Å². The molecule has 1 aromatic rings. The summed E-state index contributed by atoms with van der Waals surface area (Å²) in [5, 5.41) is 11.7. The lowest BCUT2D eigenvalue weighted by Crippen LogP contribution is -2.41. The lowest BCUT2D eigenvalue weighted by Gasteiger charge is -2.17. The van der Waals surface area contributed by atoms with Crippen LogP contribution in [0.1, 0.15) is 30.6 Å². The Morgan fingerprint density at radius 3 is 2.47 bits per heavy atom. The van der Waals surface area contributed by atoms with Crippen molar-refractivity contribution in [2.24, 2.45) is 5.92 Å². The maximum atomic E-state index is 12.1. The highest BCUT2D eigenvalue weighted by Gasteiger charge is 2.22. The normalized spacial score (nSPS) is 12.2. The van der Waals surface area contributed by atoms with Crippen LogP contribution in [-0.2, 0) is 4.79 Å². The molecule has 4 nitrogen and oxygen atoms in total. The number of carbonyl (C=O) groups is 2. The number of hydrogen-bond donors (Lipinski definition) is 2. The van der Waals surface area contributed by atoms with E-state index in [2.05, 4.69) is 5.32 Å². The summed E-state index contributed by atoms with van der Waals surface area (Å²) in [6.45, 7) is 3.86. The van der Waals surface area contributed by atoms with Crippen molar-refractivity contribution >= 4 is 23.6 Å². The van der Waals surface area contributed by atoms with Gasteiger partial charge in [-0.05, 0) is 30.7 Å². The molecule has 1 aromatic carbocycles. The van der Waals surface area contributed by atoms with Crippen LogP contribution in [0.3, 0.4) is 0 Å². The van der Waals surface area contributed by atoms with Crippen LogP contribution in [0, 0.1) is 5.92 Å². The molecule has 0 aliphatic rings. The van der Waals surface area contributed by atoms with Crippen molar-refractivity contribution in [2.75, 3.05) is 6.26 Å². The molecular formula is C14H19NO3S. The van der Waals surface area contributed by atoms with E-state index in [4.69, 9.17) is 5.11 Å². The van der Waals surface area contributed by atoms with Gasteiger partial charge in [-0.25, -0.2) is 4.79 Å². The zero-order chi connectivity index (χ0) is 14.4.